The minimum atomic E-state index is -0.0939. The van der Waals surface area contributed by atoms with Crippen LogP contribution in [0.3, 0.4) is 0 Å². The molecule has 3 heteroatoms. The van der Waals surface area contributed by atoms with Gasteiger partial charge in [-0.25, -0.2) is 0 Å². The van der Waals surface area contributed by atoms with E-state index in [4.69, 9.17) is 4.74 Å². The van der Waals surface area contributed by atoms with Gasteiger partial charge < -0.3 is 9.64 Å². The molecule has 0 spiro atoms. The summed E-state index contributed by atoms with van der Waals surface area (Å²) in [5, 5.41) is 0. The number of likely N-dealkylation sites (N-methyl/N-ethyl adjacent to an activating group) is 1. The van der Waals surface area contributed by atoms with Crippen molar-refractivity contribution in [2.45, 2.75) is 52.2 Å². The van der Waals surface area contributed by atoms with Crippen molar-refractivity contribution < 1.29 is 9.53 Å². The zero-order valence-electron chi connectivity index (χ0n) is 11.5. The fraction of sp³-hybridized carbons (Fsp3) is 0.929. The number of ketones is 1. The van der Waals surface area contributed by atoms with Crippen molar-refractivity contribution in [3.05, 3.63) is 0 Å². The third-order valence-corrected chi connectivity index (χ3v) is 4.57. The van der Waals surface area contributed by atoms with Crippen LogP contribution in [0.5, 0.6) is 0 Å². The number of Topliss-reactive ketones (excluding diaryl/α,β-unsaturated/α-hetero) is 1. The summed E-state index contributed by atoms with van der Waals surface area (Å²) in [6.07, 6.45) is 3.51. The number of carbonyl (C=O) groups excluding carboxylic acids is 1. The molecule has 17 heavy (non-hydrogen) atoms. The predicted octanol–water partition coefficient (Wildman–Crippen LogP) is 2.10. The van der Waals surface area contributed by atoms with Crippen molar-refractivity contribution >= 4 is 5.78 Å². The third kappa shape index (κ3) is 2.55. The largest absolute Gasteiger partial charge is 0.377 e. The fourth-order valence-electron chi connectivity index (χ4n) is 3.30. The monoisotopic (exact) mass is 239 g/mol. The van der Waals surface area contributed by atoms with Crippen LogP contribution in [0.1, 0.15) is 40.0 Å². The highest BCUT2D eigenvalue weighted by Crippen LogP contribution is 2.38. The van der Waals surface area contributed by atoms with Gasteiger partial charge in [0.15, 0.2) is 0 Å². The van der Waals surface area contributed by atoms with Crippen LogP contribution in [0.15, 0.2) is 0 Å². The quantitative estimate of drug-likeness (QED) is 0.755. The van der Waals surface area contributed by atoms with Crippen LogP contribution in [-0.2, 0) is 9.53 Å². The van der Waals surface area contributed by atoms with Crippen molar-refractivity contribution in [1.82, 2.24) is 4.90 Å². The molecule has 0 bridgehead atoms. The Morgan fingerprint density at radius 2 is 2.12 bits per heavy atom. The molecule has 3 nitrogen and oxygen atoms in total. The molecule has 1 saturated carbocycles. The van der Waals surface area contributed by atoms with E-state index in [0.29, 0.717) is 17.9 Å². The molecule has 0 aromatic carbocycles. The predicted molar refractivity (Wildman–Crippen MR) is 68.0 cm³/mol. The molecule has 2 aliphatic rings. The first kappa shape index (κ1) is 13.0. The number of hydrogen-bond donors (Lipinski definition) is 0. The number of hydrogen-bond acceptors (Lipinski definition) is 3. The van der Waals surface area contributed by atoms with Gasteiger partial charge in [0.1, 0.15) is 5.78 Å². The van der Waals surface area contributed by atoms with E-state index in [0.717, 1.165) is 32.4 Å². The fourth-order valence-corrected chi connectivity index (χ4v) is 3.30. The van der Waals surface area contributed by atoms with Gasteiger partial charge >= 0.3 is 0 Å². The van der Waals surface area contributed by atoms with Crippen LogP contribution in [0.2, 0.25) is 0 Å². The molecule has 3 unspecified atom stereocenters. The minimum absolute atomic E-state index is 0.0939. The summed E-state index contributed by atoms with van der Waals surface area (Å²) in [6, 6.07) is 0.492. The van der Waals surface area contributed by atoms with Crippen LogP contribution in [0.25, 0.3) is 0 Å². The minimum Gasteiger partial charge on any atom is -0.377 e. The Kier molecular flexibility index (Phi) is 3.60. The molecule has 0 aromatic heterocycles. The van der Waals surface area contributed by atoms with E-state index in [1.165, 1.54) is 0 Å². The summed E-state index contributed by atoms with van der Waals surface area (Å²) >= 11 is 0. The molecule has 1 aliphatic carbocycles. The smallest absolute Gasteiger partial charge is 0.142 e. The Bertz CT molecular complexity index is 301. The molecule has 1 heterocycles. The highest BCUT2D eigenvalue weighted by molar-refractivity contribution is 5.88. The first-order valence-electron chi connectivity index (χ1n) is 6.78. The Balaban J connectivity index is 1.91. The normalized spacial score (nSPS) is 37.0. The van der Waals surface area contributed by atoms with E-state index >= 15 is 0 Å². The Hall–Kier alpha value is -0.410. The standard InChI is InChI=1S/C14H25NO2/c1-10-12(6-8-17-10)15(4)9-11-5-7-14(2,3)13(11)16/h10-12H,5-9H2,1-4H3. The first-order valence-corrected chi connectivity index (χ1v) is 6.78. The number of nitrogens with zero attached hydrogens (tertiary/aromatic N) is 1. The van der Waals surface area contributed by atoms with E-state index in [1.807, 2.05) is 0 Å². The van der Waals surface area contributed by atoms with Crippen LogP contribution in [0, 0.1) is 11.3 Å². The molecular weight excluding hydrogens is 214 g/mol. The zero-order valence-corrected chi connectivity index (χ0v) is 11.5. The van der Waals surface area contributed by atoms with Gasteiger partial charge in [0.2, 0.25) is 0 Å². The maximum atomic E-state index is 12.2. The van der Waals surface area contributed by atoms with Gasteiger partial charge in [-0.1, -0.05) is 13.8 Å². The van der Waals surface area contributed by atoms with Crippen molar-refractivity contribution in [2.75, 3.05) is 20.2 Å². The Morgan fingerprint density at radius 3 is 2.59 bits per heavy atom. The molecule has 2 rings (SSSR count). The van der Waals surface area contributed by atoms with Gasteiger partial charge in [-0.15, -0.1) is 0 Å². The lowest BCUT2D eigenvalue weighted by Crippen LogP contribution is -2.41. The molecule has 3 atom stereocenters. The Labute approximate surface area is 105 Å². The van der Waals surface area contributed by atoms with Crippen LogP contribution >= 0.6 is 0 Å². The van der Waals surface area contributed by atoms with Crippen molar-refractivity contribution in [1.29, 1.82) is 0 Å². The van der Waals surface area contributed by atoms with Crippen LogP contribution in [-0.4, -0.2) is 43.0 Å². The van der Waals surface area contributed by atoms with Gasteiger partial charge in [0.05, 0.1) is 6.10 Å². The van der Waals surface area contributed by atoms with Crippen molar-refractivity contribution in [3.63, 3.8) is 0 Å². The molecule has 1 aliphatic heterocycles. The number of carbonyl (C=O) groups is 1. The van der Waals surface area contributed by atoms with Gasteiger partial charge in [-0.2, -0.15) is 0 Å². The number of ether oxygens (including phenoxy) is 1. The van der Waals surface area contributed by atoms with Crippen molar-refractivity contribution in [2.24, 2.45) is 11.3 Å². The summed E-state index contributed by atoms with van der Waals surface area (Å²) in [7, 11) is 2.13. The first-order chi connectivity index (χ1) is 7.92. The van der Waals surface area contributed by atoms with Crippen molar-refractivity contribution in [3.8, 4) is 0 Å². The second kappa shape index (κ2) is 4.69. The molecule has 98 valence electrons. The molecule has 0 amide bonds. The molecule has 2 fully saturated rings. The lowest BCUT2D eigenvalue weighted by molar-refractivity contribution is -0.128. The highest BCUT2D eigenvalue weighted by Gasteiger charge is 2.41. The molecular formula is C14H25NO2. The van der Waals surface area contributed by atoms with Gasteiger partial charge in [-0.05, 0) is 33.2 Å². The maximum absolute atomic E-state index is 12.2. The summed E-state index contributed by atoms with van der Waals surface area (Å²) in [4.78, 5) is 14.5. The number of rotatable bonds is 3. The van der Waals surface area contributed by atoms with Gasteiger partial charge in [-0.3, -0.25) is 4.79 Å². The lowest BCUT2D eigenvalue weighted by atomic mass is 9.89. The van der Waals surface area contributed by atoms with E-state index in [2.05, 4.69) is 32.7 Å². The average molecular weight is 239 g/mol. The molecule has 0 radical (unpaired) electrons. The van der Waals surface area contributed by atoms with E-state index in [-0.39, 0.29) is 11.3 Å². The summed E-state index contributed by atoms with van der Waals surface area (Å²) in [5.74, 6) is 0.693. The topological polar surface area (TPSA) is 29.5 Å². The highest BCUT2D eigenvalue weighted by atomic mass is 16.5. The third-order valence-electron chi connectivity index (χ3n) is 4.57. The van der Waals surface area contributed by atoms with E-state index in [1.54, 1.807) is 0 Å². The summed E-state index contributed by atoms with van der Waals surface area (Å²) < 4.78 is 5.59. The van der Waals surface area contributed by atoms with E-state index < -0.39 is 0 Å². The van der Waals surface area contributed by atoms with Crippen LogP contribution in [0.4, 0.5) is 0 Å². The SMILES string of the molecule is CC1OCCC1N(C)CC1CCC(C)(C)C1=O. The zero-order chi connectivity index (χ0) is 12.6. The van der Waals surface area contributed by atoms with Gasteiger partial charge in [0, 0.05) is 30.5 Å². The molecule has 0 aromatic rings. The Morgan fingerprint density at radius 1 is 1.41 bits per heavy atom. The lowest BCUT2D eigenvalue weighted by Gasteiger charge is -2.29. The maximum Gasteiger partial charge on any atom is 0.142 e. The second-order valence-electron chi connectivity index (χ2n) is 6.36. The van der Waals surface area contributed by atoms with Crippen LogP contribution < -0.4 is 0 Å². The summed E-state index contributed by atoms with van der Waals surface area (Å²) in [5.41, 5.74) is -0.0939. The summed E-state index contributed by atoms with van der Waals surface area (Å²) in [6.45, 7) is 8.06. The average Bonchev–Trinajstić information content (AvgIpc) is 2.78. The molecule has 1 saturated heterocycles. The molecule has 0 N–H and O–H groups in total. The van der Waals surface area contributed by atoms with Gasteiger partial charge in [0.25, 0.3) is 0 Å². The van der Waals surface area contributed by atoms with E-state index in [9.17, 15) is 4.79 Å². The second-order valence-corrected chi connectivity index (χ2v) is 6.36.